The SMILES string of the molecule is Cn1c(C=O)cc2sc3ccccc3c21. The number of carbonyl (C=O) groups is 1. The van der Waals surface area contributed by atoms with Gasteiger partial charge in [-0.05, 0) is 12.1 Å². The number of fused-ring (bicyclic) bond motifs is 3. The van der Waals surface area contributed by atoms with Crippen molar-refractivity contribution in [3.63, 3.8) is 0 Å². The molecule has 3 aromatic rings. The Morgan fingerprint density at radius 2 is 2.07 bits per heavy atom. The standard InChI is InChI=1S/C12H9NOS/c1-13-8(7-14)6-11-12(13)9-4-2-3-5-10(9)15-11/h2-7H,1H3. The minimum atomic E-state index is 0.738. The Morgan fingerprint density at radius 1 is 1.27 bits per heavy atom. The highest BCUT2D eigenvalue weighted by Gasteiger charge is 2.10. The average molecular weight is 215 g/mol. The van der Waals surface area contributed by atoms with E-state index in [4.69, 9.17) is 0 Å². The number of thiophene rings is 1. The summed E-state index contributed by atoms with van der Waals surface area (Å²) in [6.07, 6.45) is 0.904. The summed E-state index contributed by atoms with van der Waals surface area (Å²) in [5.41, 5.74) is 1.90. The Labute approximate surface area is 90.7 Å². The van der Waals surface area contributed by atoms with Gasteiger partial charge in [-0.25, -0.2) is 0 Å². The van der Waals surface area contributed by atoms with Gasteiger partial charge < -0.3 is 4.57 Å². The summed E-state index contributed by atoms with van der Waals surface area (Å²) in [5.74, 6) is 0. The van der Waals surface area contributed by atoms with Crippen molar-refractivity contribution in [2.45, 2.75) is 0 Å². The van der Waals surface area contributed by atoms with Crippen LogP contribution in [0.5, 0.6) is 0 Å². The van der Waals surface area contributed by atoms with Crippen LogP contribution >= 0.6 is 11.3 Å². The highest BCUT2D eigenvalue weighted by molar-refractivity contribution is 7.25. The number of hydrogen-bond acceptors (Lipinski definition) is 2. The molecular formula is C12H9NOS. The third-order valence-electron chi connectivity index (χ3n) is 2.72. The van der Waals surface area contributed by atoms with E-state index < -0.39 is 0 Å². The zero-order valence-corrected chi connectivity index (χ0v) is 9.04. The van der Waals surface area contributed by atoms with E-state index in [0.717, 1.165) is 17.5 Å². The molecule has 0 saturated heterocycles. The van der Waals surface area contributed by atoms with Crippen LogP contribution < -0.4 is 0 Å². The van der Waals surface area contributed by atoms with Crippen molar-refractivity contribution in [1.29, 1.82) is 0 Å². The Hall–Kier alpha value is -1.61. The van der Waals surface area contributed by atoms with Crippen molar-refractivity contribution in [3.05, 3.63) is 36.0 Å². The number of carbonyl (C=O) groups excluding carboxylic acids is 1. The molecule has 2 heterocycles. The van der Waals surface area contributed by atoms with Crippen molar-refractivity contribution < 1.29 is 4.79 Å². The summed E-state index contributed by atoms with van der Waals surface area (Å²) in [7, 11) is 1.94. The molecule has 0 spiro atoms. The van der Waals surface area contributed by atoms with Crippen molar-refractivity contribution in [2.75, 3.05) is 0 Å². The summed E-state index contributed by atoms with van der Waals surface area (Å²) in [5, 5.41) is 1.23. The molecule has 2 nitrogen and oxygen atoms in total. The minimum absolute atomic E-state index is 0.738. The summed E-state index contributed by atoms with van der Waals surface area (Å²) >= 11 is 1.73. The second kappa shape index (κ2) is 2.94. The molecule has 74 valence electrons. The van der Waals surface area contributed by atoms with E-state index in [1.54, 1.807) is 11.3 Å². The topological polar surface area (TPSA) is 22.0 Å². The van der Waals surface area contributed by atoms with Gasteiger partial charge in [0.15, 0.2) is 6.29 Å². The Morgan fingerprint density at radius 3 is 2.87 bits per heavy atom. The van der Waals surface area contributed by atoms with Gasteiger partial charge in [-0.2, -0.15) is 0 Å². The first-order valence-electron chi connectivity index (χ1n) is 4.73. The van der Waals surface area contributed by atoms with E-state index in [1.807, 2.05) is 29.8 Å². The molecule has 15 heavy (non-hydrogen) atoms. The number of aldehydes is 1. The van der Waals surface area contributed by atoms with Crippen LogP contribution in [0.15, 0.2) is 30.3 Å². The molecular weight excluding hydrogens is 206 g/mol. The van der Waals surface area contributed by atoms with E-state index in [0.29, 0.717) is 0 Å². The molecule has 0 N–H and O–H groups in total. The number of rotatable bonds is 1. The highest BCUT2D eigenvalue weighted by atomic mass is 32.1. The highest BCUT2D eigenvalue weighted by Crippen LogP contribution is 2.34. The van der Waals surface area contributed by atoms with Gasteiger partial charge in [0, 0.05) is 17.1 Å². The molecule has 0 aliphatic carbocycles. The third-order valence-corrected chi connectivity index (χ3v) is 3.82. The van der Waals surface area contributed by atoms with Gasteiger partial charge in [0.05, 0.1) is 15.9 Å². The van der Waals surface area contributed by atoms with Gasteiger partial charge >= 0.3 is 0 Å². The van der Waals surface area contributed by atoms with Gasteiger partial charge in [-0.1, -0.05) is 18.2 Å². The second-order valence-electron chi connectivity index (χ2n) is 3.56. The summed E-state index contributed by atoms with van der Waals surface area (Å²) in [4.78, 5) is 10.8. The van der Waals surface area contributed by atoms with Crippen LogP contribution in [-0.2, 0) is 7.05 Å². The van der Waals surface area contributed by atoms with Gasteiger partial charge in [0.2, 0.25) is 0 Å². The van der Waals surface area contributed by atoms with Gasteiger partial charge in [-0.15, -0.1) is 11.3 Å². The second-order valence-corrected chi connectivity index (χ2v) is 4.64. The van der Waals surface area contributed by atoms with E-state index in [2.05, 4.69) is 12.1 Å². The fourth-order valence-corrected chi connectivity index (χ4v) is 3.15. The van der Waals surface area contributed by atoms with Crippen LogP contribution in [0, 0.1) is 0 Å². The lowest BCUT2D eigenvalue weighted by atomic mass is 10.2. The maximum atomic E-state index is 10.8. The number of aromatic nitrogens is 1. The first kappa shape index (κ1) is 8.68. The molecule has 0 radical (unpaired) electrons. The smallest absolute Gasteiger partial charge is 0.166 e. The quantitative estimate of drug-likeness (QED) is 0.571. The van der Waals surface area contributed by atoms with Crippen LogP contribution in [0.3, 0.4) is 0 Å². The van der Waals surface area contributed by atoms with Crippen LogP contribution in [0.2, 0.25) is 0 Å². The molecule has 3 heteroatoms. The Kier molecular flexibility index (Phi) is 1.70. The number of benzene rings is 1. The first-order valence-corrected chi connectivity index (χ1v) is 5.55. The third kappa shape index (κ3) is 1.07. The molecule has 1 aromatic carbocycles. The number of nitrogens with zero attached hydrogens (tertiary/aromatic N) is 1. The van der Waals surface area contributed by atoms with E-state index in [1.165, 1.54) is 14.8 Å². The van der Waals surface area contributed by atoms with Crippen molar-refractivity contribution in [1.82, 2.24) is 4.57 Å². The van der Waals surface area contributed by atoms with Crippen molar-refractivity contribution >= 4 is 37.9 Å². The van der Waals surface area contributed by atoms with E-state index >= 15 is 0 Å². The molecule has 0 atom stereocenters. The summed E-state index contributed by atoms with van der Waals surface area (Å²) in [6.45, 7) is 0. The lowest BCUT2D eigenvalue weighted by molar-refractivity contribution is 0.111. The zero-order chi connectivity index (χ0) is 10.4. The largest absolute Gasteiger partial charge is 0.340 e. The molecule has 2 aromatic heterocycles. The van der Waals surface area contributed by atoms with Gasteiger partial charge in [0.1, 0.15) is 0 Å². The predicted octanol–water partition coefficient (Wildman–Crippen LogP) is 3.21. The molecule has 0 saturated carbocycles. The molecule has 0 bridgehead atoms. The van der Waals surface area contributed by atoms with E-state index in [-0.39, 0.29) is 0 Å². The Bertz CT molecular complexity index is 663. The lowest BCUT2D eigenvalue weighted by Crippen LogP contribution is -1.92. The molecule has 0 aliphatic heterocycles. The normalized spacial score (nSPS) is 11.3. The fraction of sp³-hybridized carbons (Fsp3) is 0.0833. The first-order chi connectivity index (χ1) is 7.31. The van der Waals surface area contributed by atoms with Crippen molar-refractivity contribution in [3.8, 4) is 0 Å². The minimum Gasteiger partial charge on any atom is -0.340 e. The van der Waals surface area contributed by atoms with Crippen LogP contribution in [0.4, 0.5) is 0 Å². The van der Waals surface area contributed by atoms with Crippen molar-refractivity contribution in [2.24, 2.45) is 7.05 Å². The summed E-state index contributed by atoms with van der Waals surface area (Å²) < 4.78 is 4.41. The monoisotopic (exact) mass is 215 g/mol. The summed E-state index contributed by atoms with van der Waals surface area (Å²) in [6, 6.07) is 10.2. The molecule has 0 aliphatic rings. The van der Waals surface area contributed by atoms with Crippen LogP contribution in [-0.4, -0.2) is 10.9 Å². The maximum absolute atomic E-state index is 10.8. The number of aryl methyl sites for hydroxylation is 1. The van der Waals surface area contributed by atoms with Gasteiger partial charge in [-0.3, -0.25) is 4.79 Å². The van der Waals surface area contributed by atoms with Gasteiger partial charge in [0.25, 0.3) is 0 Å². The molecule has 3 rings (SSSR count). The predicted molar refractivity (Wildman–Crippen MR) is 63.7 cm³/mol. The average Bonchev–Trinajstić information content (AvgIpc) is 2.75. The maximum Gasteiger partial charge on any atom is 0.166 e. The fourth-order valence-electron chi connectivity index (χ4n) is 1.97. The van der Waals surface area contributed by atoms with Crippen LogP contribution in [0.25, 0.3) is 20.3 Å². The lowest BCUT2D eigenvalue weighted by Gasteiger charge is -1.96. The molecule has 0 amide bonds. The Balaban J connectivity index is 2.56. The zero-order valence-electron chi connectivity index (χ0n) is 8.23. The van der Waals surface area contributed by atoms with Crippen LogP contribution in [0.1, 0.15) is 10.5 Å². The molecule has 0 unspecified atom stereocenters. The molecule has 0 fully saturated rings. The number of hydrogen-bond donors (Lipinski definition) is 0. The van der Waals surface area contributed by atoms with E-state index in [9.17, 15) is 4.79 Å².